The monoisotopic (exact) mass is 398 g/mol. The maximum atomic E-state index is 10.0. The standard InChI is InChI=1S/C11H15N.C7H6O.C4H9N.CN.B.Na/c1-2-5-10(6-3-1)9-12-11-7-4-8-11;8-6-7-4-2-1-3-5-7;5-4-2-1-3-4;1-2;;/h1-3,5-6,11-12H,4,7-9H2;1-6H;4H,1-3,5H2;;;/q;;;-1;;+1. The molecule has 2 aliphatic carbocycles. The molecule has 0 saturated heterocycles. The summed E-state index contributed by atoms with van der Waals surface area (Å²) in [7, 11) is 0. The molecule has 2 aromatic rings. The molecule has 6 heteroatoms. The fourth-order valence-electron chi connectivity index (χ4n) is 2.44. The molecule has 0 bridgehead atoms. The molecular formula is C23H30BN3NaO. The van der Waals surface area contributed by atoms with Crippen LogP contribution in [0.3, 0.4) is 0 Å². The molecule has 4 rings (SSSR count). The van der Waals surface area contributed by atoms with Crippen LogP contribution in [0.5, 0.6) is 0 Å². The van der Waals surface area contributed by atoms with Crippen LogP contribution in [-0.2, 0) is 6.54 Å². The molecule has 0 aliphatic heterocycles. The molecule has 29 heavy (non-hydrogen) atoms. The molecule has 2 aromatic carbocycles. The molecule has 0 amide bonds. The number of hydrogen-bond acceptors (Lipinski definition) is 4. The fraction of sp³-hybridized carbons (Fsp3) is 0.391. The predicted molar refractivity (Wildman–Crippen MR) is 115 cm³/mol. The van der Waals surface area contributed by atoms with Gasteiger partial charge in [0.15, 0.2) is 0 Å². The Morgan fingerprint density at radius 3 is 1.69 bits per heavy atom. The molecule has 0 spiro atoms. The van der Waals surface area contributed by atoms with Gasteiger partial charge in [-0.1, -0.05) is 73.5 Å². The van der Waals surface area contributed by atoms with Crippen LogP contribution >= 0.6 is 0 Å². The van der Waals surface area contributed by atoms with E-state index in [4.69, 9.17) is 17.6 Å². The van der Waals surface area contributed by atoms with Gasteiger partial charge in [0.2, 0.25) is 0 Å². The van der Waals surface area contributed by atoms with Crippen molar-refractivity contribution >= 4 is 14.7 Å². The zero-order chi connectivity index (χ0) is 19.7. The first-order valence-electron chi connectivity index (χ1n) is 9.53. The van der Waals surface area contributed by atoms with E-state index in [0.29, 0.717) is 6.04 Å². The molecule has 0 atom stereocenters. The van der Waals surface area contributed by atoms with Gasteiger partial charge in [-0.15, -0.1) is 0 Å². The third-order valence-corrected chi connectivity index (χ3v) is 4.63. The first-order valence-corrected chi connectivity index (χ1v) is 9.53. The number of nitrogens with one attached hydrogen (secondary N) is 1. The molecule has 2 saturated carbocycles. The summed E-state index contributed by atoms with van der Waals surface area (Å²) in [5, 5.41) is 9.79. The fourth-order valence-corrected chi connectivity index (χ4v) is 2.44. The van der Waals surface area contributed by atoms with Gasteiger partial charge in [0.05, 0.1) is 0 Å². The summed E-state index contributed by atoms with van der Waals surface area (Å²) in [6.45, 7) is 5.78. The molecule has 3 radical (unpaired) electrons. The Labute approximate surface area is 200 Å². The van der Waals surface area contributed by atoms with E-state index < -0.39 is 0 Å². The summed E-state index contributed by atoms with van der Waals surface area (Å²) in [6.07, 6.45) is 8.87. The van der Waals surface area contributed by atoms with E-state index in [-0.39, 0.29) is 38.0 Å². The smallest absolute Gasteiger partial charge is 0.512 e. The molecule has 3 N–H and O–H groups in total. The van der Waals surface area contributed by atoms with Crippen molar-refractivity contribution in [2.45, 2.75) is 57.2 Å². The van der Waals surface area contributed by atoms with Crippen LogP contribution < -0.4 is 40.6 Å². The van der Waals surface area contributed by atoms with Gasteiger partial charge in [-0.3, -0.25) is 4.79 Å². The van der Waals surface area contributed by atoms with Crippen LogP contribution in [0.1, 0.15) is 54.4 Å². The van der Waals surface area contributed by atoms with Crippen molar-refractivity contribution in [3.05, 3.63) is 78.4 Å². The SMILES string of the molecule is NC1CCC1.O=Cc1ccccc1.[B].[C-]#N.[Na+].c1ccc(CNC2CCC2)cc1. The van der Waals surface area contributed by atoms with E-state index in [9.17, 15) is 4.79 Å². The van der Waals surface area contributed by atoms with Crippen LogP contribution in [0.15, 0.2) is 60.7 Å². The molecule has 147 valence electrons. The van der Waals surface area contributed by atoms with Crippen molar-refractivity contribution in [2.75, 3.05) is 0 Å². The third-order valence-electron chi connectivity index (χ3n) is 4.63. The van der Waals surface area contributed by atoms with E-state index in [1.165, 1.54) is 44.1 Å². The first-order chi connectivity index (χ1) is 13.3. The van der Waals surface area contributed by atoms with E-state index in [2.05, 4.69) is 35.6 Å². The van der Waals surface area contributed by atoms with Crippen LogP contribution in [0.25, 0.3) is 0 Å². The van der Waals surface area contributed by atoms with Crippen LogP contribution in [0, 0.1) is 11.8 Å². The average molecular weight is 398 g/mol. The Kier molecular flexibility index (Phi) is 20.4. The Bertz CT molecular complexity index is 632. The van der Waals surface area contributed by atoms with E-state index in [1.807, 2.05) is 18.2 Å². The van der Waals surface area contributed by atoms with Gasteiger partial charge in [0.1, 0.15) is 6.29 Å². The van der Waals surface area contributed by atoms with Crippen molar-refractivity contribution in [2.24, 2.45) is 5.73 Å². The summed E-state index contributed by atoms with van der Waals surface area (Å²) >= 11 is 0. The number of aldehydes is 1. The Hall–Kier alpha value is -1.42. The number of rotatable bonds is 4. The number of nitrogens with two attached hydrogens (primary N) is 1. The topological polar surface area (TPSA) is 78.9 Å². The van der Waals surface area contributed by atoms with Crippen LogP contribution in [0.2, 0.25) is 0 Å². The molecule has 0 unspecified atom stereocenters. The van der Waals surface area contributed by atoms with Gasteiger partial charge >= 0.3 is 29.6 Å². The summed E-state index contributed by atoms with van der Waals surface area (Å²) < 4.78 is 0. The summed E-state index contributed by atoms with van der Waals surface area (Å²) in [5.74, 6) is 0. The number of nitrogens with zero attached hydrogens (tertiary/aromatic N) is 1. The first kappa shape index (κ1) is 29.8. The summed E-state index contributed by atoms with van der Waals surface area (Å²) in [4.78, 5) is 10.0. The van der Waals surface area contributed by atoms with E-state index >= 15 is 0 Å². The van der Waals surface area contributed by atoms with Crippen molar-refractivity contribution in [3.8, 4) is 0 Å². The Morgan fingerprint density at radius 1 is 0.931 bits per heavy atom. The molecule has 0 aromatic heterocycles. The number of benzene rings is 2. The summed E-state index contributed by atoms with van der Waals surface area (Å²) in [6, 6.07) is 21.1. The summed E-state index contributed by atoms with van der Waals surface area (Å²) in [5.41, 5.74) is 7.50. The molecule has 4 nitrogen and oxygen atoms in total. The largest absolute Gasteiger partial charge is 1.00 e. The van der Waals surface area contributed by atoms with Crippen molar-refractivity contribution in [1.29, 1.82) is 5.26 Å². The van der Waals surface area contributed by atoms with E-state index in [1.54, 1.807) is 12.1 Å². The zero-order valence-corrected chi connectivity index (χ0v) is 19.5. The minimum Gasteiger partial charge on any atom is -0.512 e. The quantitative estimate of drug-likeness (QED) is 0.459. The maximum absolute atomic E-state index is 10.0. The van der Waals surface area contributed by atoms with Gasteiger partial charge in [-0.05, 0) is 31.2 Å². The minimum absolute atomic E-state index is 0. The number of carbonyl (C=O) groups is 1. The van der Waals surface area contributed by atoms with Gasteiger partial charge < -0.3 is 22.9 Å². The van der Waals surface area contributed by atoms with Crippen molar-refractivity contribution in [3.63, 3.8) is 0 Å². The van der Waals surface area contributed by atoms with Crippen molar-refractivity contribution in [1.82, 2.24) is 5.32 Å². The predicted octanol–water partition coefficient (Wildman–Crippen LogP) is 1.04. The number of hydrogen-bond donors (Lipinski definition) is 2. The second-order valence-electron chi connectivity index (χ2n) is 6.71. The van der Waals surface area contributed by atoms with Crippen molar-refractivity contribution < 1.29 is 34.4 Å². The third kappa shape index (κ3) is 14.2. The Morgan fingerprint density at radius 2 is 1.38 bits per heavy atom. The second kappa shape index (κ2) is 19.9. The molecule has 2 aliphatic rings. The second-order valence-corrected chi connectivity index (χ2v) is 6.71. The molecule has 0 heterocycles. The number of carbonyl (C=O) groups excluding carboxylic acids is 1. The average Bonchev–Trinajstić information content (AvgIpc) is 2.69. The zero-order valence-electron chi connectivity index (χ0n) is 17.5. The van der Waals surface area contributed by atoms with Gasteiger partial charge in [0, 0.05) is 32.6 Å². The Balaban J connectivity index is 0. The normalized spacial score (nSPS) is 14.0. The van der Waals surface area contributed by atoms with Gasteiger partial charge in [-0.25, -0.2) is 0 Å². The molecular weight excluding hydrogens is 368 g/mol. The van der Waals surface area contributed by atoms with Crippen LogP contribution in [0.4, 0.5) is 0 Å². The molecule has 2 fully saturated rings. The minimum atomic E-state index is 0. The maximum Gasteiger partial charge on any atom is 1.00 e. The van der Waals surface area contributed by atoms with Crippen LogP contribution in [-0.4, -0.2) is 26.8 Å². The van der Waals surface area contributed by atoms with Gasteiger partial charge in [0.25, 0.3) is 0 Å². The van der Waals surface area contributed by atoms with E-state index in [0.717, 1.165) is 24.4 Å². The van der Waals surface area contributed by atoms with Gasteiger partial charge in [-0.2, -0.15) is 0 Å².